The molecule has 1 fully saturated rings. The van der Waals surface area contributed by atoms with Gasteiger partial charge in [0.25, 0.3) is 0 Å². The van der Waals surface area contributed by atoms with Gasteiger partial charge in [0, 0.05) is 41.9 Å². The van der Waals surface area contributed by atoms with Crippen LogP contribution in [0.5, 0.6) is 5.75 Å². The third-order valence-corrected chi connectivity index (χ3v) is 4.49. The van der Waals surface area contributed by atoms with Crippen LogP contribution in [-0.4, -0.2) is 52.9 Å². The number of nitrogens with two attached hydrogens (primary N) is 1. The van der Waals surface area contributed by atoms with E-state index >= 15 is 0 Å². The minimum Gasteiger partial charge on any atom is -0.491 e. The number of aliphatic hydroxyl groups is 1. The van der Waals surface area contributed by atoms with Gasteiger partial charge in [-0.15, -0.1) is 0 Å². The second kappa shape index (κ2) is 7.20. The molecule has 3 unspecified atom stereocenters. The molecule has 1 saturated heterocycles. The van der Waals surface area contributed by atoms with E-state index in [0.717, 1.165) is 13.1 Å². The number of aliphatic hydroxyl groups excluding tert-OH is 1. The first-order valence-corrected chi connectivity index (χ1v) is 8.01. The van der Waals surface area contributed by atoms with Crippen molar-refractivity contribution < 1.29 is 9.84 Å². The molecule has 1 aliphatic heterocycles. The Balaban J connectivity index is 1.76. The van der Waals surface area contributed by atoms with Crippen LogP contribution in [-0.2, 0) is 0 Å². The molecule has 3 N–H and O–H groups in total. The van der Waals surface area contributed by atoms with Gasteiger partial charge >= 0.3 is 0 Å². The molecule has 0 aromatic heterocycles. The molecular weight excluding hydrogens is 272 g/mol. The van der Waals surface area contributed by atoms with Crippen LogP contribution in [0, 0.1) is 0 Å². The minimum atomic E-state index is -0.473. The summed E-state index contributed by atoms with van der Waals surface area (Å²) in [6, 6.07) is 7.29. The summed E-state index contributed by atoms with van der Waals surface area (Å²) in [6.07, 6.45) is -0.473. The first-order chi connectivity index (χ1) is 9.52. The Kier molecular flexibility index (Phi) is 5.57. The SMILES string of the molecule is CC1CN(CC(O)COc2cccc(N)c2)CC(C)S1. The van der Waals surface area contributed by atoms with Crippen LogP contribution in [0.4, 0.5) is 5.69 Å². The molecule has 5 heteroatoms. The molecule has 112 valence electrons. The molecule has 1 aliphatic rings. The normalized spacial score (nSPS) is 25.4. The van der Waals surface area contributed by atoms with E-state index in [9.17, 15) is 5.11 Å². The Morgan fingerprint density at radius 2 is 2.10 bits per heavy atom. The van der Waals surface area contributed by atoms with Crippen LogP contribution in [0.15, 0.2) is 24.3 Å². The first kappa shape index (κ1) is 15.5. The van der Waals surface area contributed by atoms with Crippen molar-refractivity contribution in [3.63, 3.8) is 0 Å². The van der Waals surface area contributed by atoms with Gasteiger partial charge in [-0.05, 0) is 12.1 Å². The molecule has 0 saturated carbocycles. The summed E-state index contributed by atoms with van der Waals surface area (Å²) < 4.78 is 5.58. The van der Waals surface area contributed by atoms with Crippen molar-refractivity contribution in [3.8, 4) is 5.75 Å². The molecule has 1 aromatic rings. The lowest BCUT2D eigenvalue weighted by Crippen LogP contribution is -2.45. The molecule has 0 bridgehead atoms. The quantitative estimate of drug-likeness (QED) is 0.812. The minimum absolute atomic E-state index is 0.301. The largest absolute Gasteiger partial charge is 0.491 e. The van der Waals surface area contributed by atoms with E-state index in [1.54, 1.807) is 6.07 Å². The van der Waals surface area contributed by atoms with E-state index in [1.165, 1.54) is 0 Å². The second-order valence-corrected chi connectivity index (χ2v) is 7.39. The van der Waals surface area contributed by atoms with Crippen molar-refractivity contribution in [2.75, 3.05) is 32.0 Å². The number of thioether (sulfide) groups is 1. The van der Waals surface area contributed by atoms with Crippen LogP contribution in [0.1, 0.15) is 13.8 Å². The maximum Gasteiger partial charge on any atom is 0.121 e. The van der Waals surface area contributed by atoms with Gasteiger partial charge in [0.05, 0.1) is 0 Å². The third-order valence-electron chi connectivity index (χ3n) is 3.26. The van der Waals surface area contributed by atoms with E-state index in [0.29, 0.717) is 35.1 Å². The molecule has 1 aromatic carbocycles. The highest BCUT2D eigenvalue weighted by Gasteiger charge is 2.23. The summed E-state index contributed by atoms with van der Waals surface area (Å²) in [6.45, 7) is 7.51. The van der Waals surface area contributed by atoms with Crippen LogP contribution < -0.4 is 10.5 Å². The first-order valence-electron chi connectivity index (χ1n) is 7.07. The monoisotopic (exact) mass is 296 g/mol. The van der Waals surface area contributed by atoms with E-state index in [2.05, 4.69) is 18.7 Å². The number of anilines is 1. The summed E-state index contributed by atoms with van der Waals surface area (Å²) in [5.41, 5.74) is 6.37. The number of nitrogen functional groups attached to an aromatic ring is 1. The molecular formula is C15H24N2O2S. The van der Waals surface area contributed by atoms with Gasteiger partial charge in [-0.25, -0.2) is 0 Å². The average molecular weight is 296 g/mol. The molecule has 0 spiro atoms. The van der Waals surface area contributed by atoms with E-state index in [1.807, 2.05) is 30.0 Å². The fraction of sp³-hybridized carbons (Fsp3) is 0.600. The van der Waals surface area contributed by atoms with Gasteiger partial charge in [-0.1, -0.05) is 19.9 Å². The Morgan fingerprint density at radius 1 is 1.40 bits per heavy atom. The molecule has 2 rings (SSSR count). The molecule has 3 atom stereocenters. The van der Waals surface area contributed by atoms with Crippen LogP contribution in [0.25, 0.3) is 0 Å². The lowest BCUT2D eigenvalue weighted by atomic mass is 10.2. The van der Waals surface area contributed by atoms with Gasteiger partial charge in [0.1, 0.15) is 18.5 Å². The van der Waals surface area contributed by atoms with Gasteiger partial charge in [-0.3, -0.25) is 4.90 Å². The van der Waals surface area contributed by atoms with Gasteiger partial charge in [0.15, 0.2) is 0 Å². The smallest absolute Gasteiger partial charge is 0.121 e. The number of nitrogens with zero attached hydrogens (tertiary/aromatic N) is 1. The maximum absolute atomic E-state index is 10.1. The highest BCUT2D eigenvalue weighted by Crippen LogP contribution is 2.24. The van der Waals surface area contributed by atoms with E-state index in [4.69, 9.17) is 10.5 Å². The topological polar surface area (TPSA) is 58.7 Å². The zero-order chi connectivity index (χ0) is 14.5. The van der Waals surface area contributed by atoms with Crippen molar-refractivity contribution >= 4 is 17.4 Å². The number of hydrogen-bond acceptors (Lipinski definition) is 5. The maximum atomic E-state index is 10.1. The summed E-state index contributed by atoms with van der Waals surface area (Å²) in [5.74, 6) is 0.708. The molecule has 0 radical (unpaired) electrons. The molecule has 0 aliphatic carbocycles. The van der Waals surface area contributed by atoms with Gasteiger partial charge < -0.3 is 15.6 Å². The van der Waals surface area contributed by atoms with E-state index in [-0.39, 0.29) is 0 Å². The zero-order valence-corrected chi connectivity index (χ0v) is 13.0. The van der Waals surface area contributed by atoms with Crippen molar-refractivity contribution in [2.45, 2.75) is 30.5 Å². The third kappa shape index (κ3) is 4.89. The van der Waals surface area contributed by atoms with Crippen molar-refractivity contribution in [1.82, 2.24) is 4.90 Å². The summed E-state index contributed by atoms with van der Waals surface area (Å²) in [4.78, 5) is 2.32. The van der Waals surface area contributed by atoms with Crippen molar-refractivity contribution in [2.24, 2.45) is 0 Å². The summed E-state index contributed by atoms with van der Waals surface area (Å²) >= 11 is 2.02. The van der Waals surface area contributed by atoms with Crippen molar-refractivity contribution in [1.29, 1.82) is 0 Å². The predicted octanol–water partition coefficient (Wildman–Crippen LogP) is 1.83. The molecule has 0 amide bonds. The number of rotatable bonds is 5. The number of β-amino-alcohol motifs (C(OH)–C–C–N with tert-alkyl or cyclic N) is 1. The van der Waals surface area contributed by atoms with Crippen LogP contribution in [0.3, 0.4) is 0 Å². The molecule has 4 nitrogen and oxygen atoms in total. The Morgan fingerprint density at radius 3 is 2.75 bits per heavy atom. The van der Waals surface area contributed by atoms with Gasteiger partial charge in [0.2, 0.25) is 0 Å². The highest BCUT2D eigenvalue weighted by atomic mass is 32.2. The second-order valence-electron chi connectivity index (χ2n) is 5.51. The number of ether oxygens (including phenoxy) is 1. The van der Waals surface area contributed by atoms with Crippen LogP contribution >= 0.6 is 11.8 Å². The molecule has 20 heavy (non-hydrogen) atoms. The number of hydrogen-bond donors (Lipinski definition) is 2. The summed E-state index contributed by atoms with van der Waals surface area (Å²) in [5, 5.41) is 11.4. The van der Waals surface area contributed by atoms with Crippen molar-refractivity contribution in [3.05, 3.63) is 24.3 Å². The highest BCUT2D eigenvalue weighted by molar-refractivity contribution is 8.00. The molecule has 1 heterocycles. The Bertz CT molecular complexity index is 420. The summed E-state index contributed by atoms with van der Waals surface area (Å²) in [7, 11) is 0. The fourth-order valence-electron chi connectivity index (χ4n) is 2.58. The van der Waals surface area contributed by atoms with Crippen LogP contribution in [0.2, 0.25) is 0 Å². The number of benzene rings is 1. The average Bonchev–Trinajstić information content (AvgIpc) is 2.35. The lowest BCUT2D eigenvalue weighted by molar-refractivity contribution is 0.0677. The Hall–Kier alpha value is -0.910. The Labute approximate surface area is 125 Å². The zero-order valence-electron chi connectivity index (χ0n) is 12.2. The standard InChI is InChI=1S/C15H24N2O2S/c1-11-7-17(8-12(2)20-11)9-14(18)10-19-15-5-3-4-13(16)6-15/h3-6,11-12,14,18H,7-10,16H2,1-2H3. The van der Waals surface area contributed by atoms with E-state index < -0.39 is 6.10 Å². The predicted molar refractivity (Wildman–Crippen MR) is 85.3 cm³/mol. The fourth-order valence-corrected chi connectivity index (χ4v) is 3.97. The van der Waals surface area contributed by atoms with Gasteiger partial charge in [-0.2, -0.15) is 11.8 Å². The lowest BCUT2D eigenvalue weighted by Gasteiger charge is -2.35.